The zero-order valence-corrected chi connectivity index (χ0v) is 11.4. The lowest BCUT2D eigenvalue weighted by molar-refractivity contribution is 0.434. The number of phenolic OH excluding ortho intramolecular Hbond substituents is 2. The molecule has 1 unspecified atom stereocenters. The summed E-state index contributed by atoms with van der Waals surface area (Å²) >= 11 is 0. The molecule has 0 saturated heterocycles. The standard InChI is InChI=1S/C14H19N3O2/c1-4-10-11(8-17(3)16-10)15-9(2)14-12(18)6-5-7-13(14)19/h5-9,15,18-19H,4H2,1-3H3. The number of nitrogens with zero attached hydrogens (tertiary/aromatic N) is 2. The number of hydrogen-bond donors (Lipinski definition) is 3. The number of nitrogens with one attached hydrogen (secondary N) is 1. The maximum Gasteiger partial charge on any atom is 0.124 e. The van der Waals surface area contributed by atoms with Crippen LogP contribution < -0.4 is 5.32 Å². The third-order valence-electron chi connectivity index (χ3n) is 3.11. The van der Waals surface area contributed by atoms with E-state index in [2.05, 4.69) is 10.4 Å². The Bertz CT molecular complexity index is 558. The maximum absolute atomic E-state index is 9.85. The summed E-state index contributed by atoms with van der Waals surface area (Å²) in [6.45, 7) is 3.93. The maximum atomic E-state index is 9.85. The first-order valence-corrected chi connectivity index (χ1v) is 6.32. The molecule has 3 N–H and O–H groups in total. The fourth-order valence-electron chi connectivity index (χ4n) is 2.21. The zero-order valence-electron chi connectivity index (χ0n) is 11.4. The minimum atomic E-state index is -0.212. The Kier molecular flexibility index (Phi) is 3.64. The van der Waals surface area contributed by atoms with E-state index in [-0.39, 0.29) is 17.5 Å². The van der Waals surface area contributed by atoms with Gasteiger partial charge in [-0.05, 0) is 25.5 Å². The molecular weight excluding hydrogens is 242 g/mol. The Morgan fingerprint density at radius 3 is 2.53 bits per heavy atom. The van der Waals surface area contributed by atoms with E-state index in [0.717, 1.165) is 17.8 Å². The molecule has 19 heavy (non-hydrogen) atoms. The van der Waals surface area contributed by atoms with E-state index in [0.29, 0.717) is 5.56 Å². The van der Waals surface area contributed by atoms with E-state index in [9.17, 15) is 10.2 Å². The van der Waals surface area contributed by atoms with Gasteiger partial charge in [-0.2, -0.15) is 5.10 Å². The van der Waals surface area contributed by atoms with Gasteiger partial charge in [0.2, 0.25) is 0 Å². The summed E-state index contributed by atoms with van der Waals surface area (Å²) in [6, 6.07) is 4.53. The fourth-order valence-corrected chi connectivity index (χ4v) is 2.21. The van der Waals surface area contributed by atoms with E-state index in [1.807, 2.05) is 27.1 Å². The van der Waals surface area contributed by atoms with Crippen molar-refractivity contribution < 1.29 is 10.2 Å². The average molecular weight is 261 g/mol. The van der Waals surface area contributed by atoms with Crippen molar-refractivity contribution in [3.8, 4) is 11.5 Å². The van der Waals surface area contributed by atoms with Crippen molar-refractivity contribution in [2.24, 2.45) is 7.05 Å². The third kappa shape index (κ3) is 2.65. The van der Waals surface area contributed by atoms with Crippen LogP contribution in [-0.2, 0) is 13.5 Å². The van der Waals surface area contributed by atoms with Crippen LogP contribution in [0.2, 0.25) is 0 Å². The van der Waals surface area contributed by atoms with Gasteiger partial charge in [-0.15, -0.1) is 0 Å². The molecule has 1 aromatic carbocycles. The highest BCUT2D eigenvalue weighted by Gasteiger charge is 2.16. The van der Waals surface area contributed by atoms with E-state index in [1.165, 1.54) is 0 Å². The Morgan fingerprint density at radius 1 is 1.32 bits per heavy atom. The SMILES string of the molecule is CCc1nn(C)cc1NC(C)c1c(O)cccc1O. The molecule has 0 saturated carbocycles. The average Bonchev–Trinajstić information content (AvgIpc) is 2.69. The summed E-state index contributed by atoms with van der Waals surface area (Å²) in [7, 11) is 1.87. The molecule has 102 valence electrons. The number of aromatic nitrogens is 2. The van der Waals surface area contributed by atoms with Crippen LogP contribution in [0.1, 0.15) is 31.1 Å². The predicted molar refractivity (Wildman–Crippen MR) is 74.4 cm³/mol. The number of aromatic hydroxyl groups is 2. The van der Waals surface area contributed by atoms with Crippen molar-refractivity contribution in [2.45, 2.75) is 26.3 Å². The Morgan fingerprint density at radius 2 is 1.95 bits per heavy atom. The molecule has 1 aromatic heterocycles. The predicted octanol–water partition coefficient (Wildman–Crippen LogP) is 2.57. The van der Waals surface area contributed by atoms with Gasteiger partial charge in [0.15, 0.2) is 0 Å². The second-order valence-corrected chi connectivity index (χ2v) is 4.59. The van der Waals surface area contributed by atoms with Crippen molar-refractivity contribution in [1.82, 2.24) is 9.78 Å². The van der Waals surface area contributed by atoms with Gasteiger partial charge in [0.1, 0.15) is 11.5 Å². The van der Waals surface area contributed by atoms with Gasteiger partial charge in [0.05, 0.1) is 23.0 Å². The van der Waals surface area contributed by atoms with Gasteiger partial charge in [-0.1, -0.05) is 13.0 Å². The van der Waals surface area contributed by atoms with Gasteiger partial charge in [-0.25, -0.2) is 0 Å². The normalized spacial score (nSPS) is 12.4. The summed E-state index contributed by atoms with van der Waals surface area (Å²) in [5.41, 5.74) is 2.37. The highest BCUT2D eigenvalue weighted by Crippen LogP contribution is 2.34. The summed E-state index contributed by atoms with van der Waals surface area (Å²) in [5.74, 6) is 0.170. The highest BCUT2D eigenvalue weighted by atomic mass is 16.3. The van der Waals surface area contributed by atoms with Crippen LogP contribution in [0.15, 0.2) is 24.4 Å². The van der Waals surface area contributed by atoms with Crippen LogP contribution in [-0.4, -0.2) is 20.0 Å². The first kappa shape index (κ1) is 13.3. The van der Waals surface area contributed by atoms with Crippen LogP contribution in [0.5, 0.6) is 11.5 Å². The number of aryl methyl sites for hydroxylation is 2. The molecule has 1 atom stereocenters. The number of rotatable bonds is 4. The van der Waals surface area contributed by atoms with Gasteiger partial charge in [0, 0.05) is 13.2 Å². The van der Waals surface area contributed by atoms with Crippen molar-refractivity contribution in [3.63, 3.8) is 0 Å². The van der Waals surface area contributed by atoms with E-state index >= 15 is 0 Å². The topological polar surface area (TPSA) is 70.3 Å². The molecule has 0 aliphatic heterocycles. The van der Waals surface area contributed by atoms with Crippen LogP contribution in [0, 0.1) is 0 Å². The molecule has 0 fully saturated rings. The zero-order chi connectivity index (χ0) is 14.0. The van der Waals surface area contributed by atoms with Crippen LogP contribution in [0.3, 0.4) is 0 Å². The molecule has 1 heterocycles. The summed E-state index contributed by atoms with van der Waals surface area (Å²) in [5, 5.41) is 27.3. The van der Waals surface area contributed by atoms with Gasteiger partial charge in [-0.3, -0.25) is 4.68 Å². The lowest BCUT2D eigenvalue weighted by Crippen LogP contribution is -2.08. The van der Waals surface area contributed by atoms with E-state index in [4.69, 9.17) is 0 Å². The fraction of sp³-hybridized carbons (Fsp3) is 0.357. The van der Waals surface area contributed by atoms with Gasteiger partial charge in [0.25, 0.3) is 0 Å². The molecule has 2 rings (SSSR count). The van der Waals surface area contributed by atoms with Crippen LogP contribution in [0.4, 0.5) is 5.69 Å². The minimum absolute atomic E-state index is 0.0851. The van der Waals surface area contributed by atoms with E-state index in [1.54, 1.807) is 22.9 Å². The lowest BCUT2D eigenvalue weighted by atomic mass is 10.1. The number of anilines is 1. The second-order valence-electron chi connectivity index (χ2n) is 4.59. The second kappa shape index (κ2) is 5.22. The Labute approximate surface area is 112 Å². The molecule has 0 bridgehead atoms. The Hall–Kier alpha value is -2.17. The van der Waals surface area contributed by atoms with Gasteiger partial charge < -0.3 is 15.5 Å². The minimum Gasteiger partial charge on any atom is -0.507 e. The highest BCUT2D eigenvalue weighted by molar-refractivity contribution is 5.53. The van der Waals surface area contributed by atoms with Crippen molar-refractivity contribution in [3.05, 3.63) is 35.7 Å². The first-order chi connectivity index (χ1) is 9.02. The molecule has 0 spiro atoms. The number of benzene rings is 1. The lowest BCUT2D eigenvalue weighted by Gasteiger charge is -2.17. The molecule has 5 nitrogen and oxygen atoms in total. The smallest absolute Gasteiger partial charge is 0.124 e. The first-order valence-electron chi connectivity index (χ1n) is 6.32. The monoisotopic (exact) mass is 261 g/mol. The molecule has 0 aliphatic rings. The summed E-state index contributed by atoms with van der Waals surface area (Å²) in [4.78, 5) is 0. The summed E-state index contributed by atoms with van der Waals surface area (Å²) in [6.07, 6.45) is 2.72. The van der Waals surface area contributed by atoms with Gasteiger partial charge >= 0.3 is 0 Å². The number of hydrogen-bond acceptors (Lipinski definition) is 4. The largest absolute Gasteiger partial charge is 0.507 e. The summed E-state index contributed by atoms with van der Waals surface area (Å²) < 4.78 is 1.75. The van der Waals surface area contributed by atoms with Crippen LogP contribution in [0.25, 0.3) is 0 Å². The van der Waals surface area contributed by atoms with Crippen molar-refractivity contribution >= 4 is 5.69 Å². The third-order valence-corrected chi connectivity index (χ3v) is 3.11. The molecule has 0 aliphatic carbocycles. The molecule has 5 heteroatoms. The number of phenols is 2. The Balaban J connectivity index is 2.28. The van der Waals surface area contributed by atoms with Crippen molar-refractivity contribution in [1.29, 1.82) is 0 Å². The van der Waals surface area contributed by atoms with Crippen LogP contribution >= 0.6 is 0 Å². The molecular formula is C14H19N3O2. The van der Waals surface area contributed by atoms with Crippen molar-refractivity contribution in [2.75, 3.05) is 5.32 Å². The molecule has 0 amide bonds. The quantitative estimate of drug-likeness (QED) is 0.791. The van der Waals surface area contributed by atoms with E-state index < -0.39 is 0 Å². The molecule has 0 radical (unpaired) electrons. The molecule has 2 aromatic rings.